The zero-order chi connectivity index (χ0) is 22.9. The molecule has 3 rings (SSSR count). The molecular formula is C24H27N3O5. The number of ether oxygens (including phenoxy) is 2. The van der Waals surface area contributed by atoms with Crippen molar-refractivity contribution in [1.82, 2.24) is 15.0 Å². The molecule has 0 spiro atoms. The van der Waals surface area contributed by atoms with Crippen LogP contribution in [0.4, 0.5) is 4.79 Å². The summed E-state index contributed by atoms with van der Waals surface area (Å²) in [6, 6.07) is 15.1. The van der Waals surface area contributed by atoms with E-state index in [1.165, 1.54) is 4.90 Å². The smallest absolute Gasteiger partial charge is 0.410 e. The molecule has 0 unspecified atom stereocenters. The molecule has 8 heteroatoms. The first kappa shape index (κ1) is 23.0. The summed E-state index contributed by atoms with van der Waals surface area (Å²) >= 11 is 0. The molecule has 1 amide bonds. The molecule has 0 radical (unpaired) electrons. The number of hydrogen-bond acceptors (Lipinski definition) is 7. The lowest BCUT2D eigenvalue weighted by atomic mass is 10.1. The molecule has 2 aromatic carbocycles. The van der Waals surface area contributed by atoms with Crippen LogP contribution in [0.1, 0.15) is 30.8 Å². The Kier molecular flexibility index (Phi) is 7.96. The lowest BCUT2D eigenvalue weighted by Crippen LogP contribution is -2.33. The normalized spacial score (nSPS) is 10.8. The summed E-state index contributed by atoms with van der Waals surface area (Å²) < 4.78 is 16.3. The van der Waals surface area contributed by atoms with Gasteiger partial charge >= 0.3 is 6.09 Å². The van der Waals surface area contributed by atoms with Crippen molar-refractivity contribution in [3.05, 3.63) is 65.5 Å². The maximum Gasteiger partial charge on any atom is 0.410 e. The number of nitrogens with zero attached hydrogens (tertiary/aromatic N) is 3. The number of carbonyl (C=O) groups excluding carboxylic acids is 2. The van der Waals surface area contributed by atoms with Crippen LogP contribution in [0.3, 0.4) is 0 Å². The molecular weight excluding hydrogens is 410 g/mol. The summed E-state index contributed by atoms with van der Waals surface area (Å²) in [5, 5.41) is 3.95. The summed E-state index contributed by atoms with van der Waals surface area (Å²) in [4.78, 5) is 28.8. The van der Waals surface area contributed by atoms with Gasteiger partial charge < -0.3 is 18.8 Å². The molecule has 0 saturated heterocycles. The first-order valence-corrected chi connectivity index (χ1v) is 10.4. The van der Waals surface area contributed by atoms with E-state index in [2.05, 4.69) is 10.1 Å². The van der Waals surface area contributed by atoms with Crippen molar-refractivity contribution in [3.8, 4) is 17.2 Å². The van der Waals surface area contributed by atoms with Crippen LogP contribution in [0.2, 0.25) is 0 Å². The Balaban J connectivity index is 1.54. The topological polar surface area (TPSA) is 94.8 Å². The van der Waals surface area contributed by atoms with Gasteiger partial charge in [-0.2, -0.15) is 4.98 Å². The summed E-state index contributed by atoms with van der Waals surface area (Å²) in [6.45, 7) is 6.62. The Bertz CT molecular complexity index is 1010. The molecule has 0 aliphatic heterocycles. The number of carbonyl (C=O) groups is 2. The second-order valence-corrected chi connectivity index (χ2v) is 7.83. The molecule has 0 saturated carbocycles. The Morgan fingerprint density at radius 1 is 1.12 bits per heavy atom. The highest BCUT2D eigenvalue weighted by Crippen LogP contribution is 2.19. The molecule has 0 atom stereocenters. The molecule has 168 valence electrons. The first-order valence-electron chi connectivity index (χ1n) is 10.4. The molecule has 0 bridgehead atoms. The van der Waals surface area contributed by atoms with Gasteiger partial charge in [0.1, 0.15) is 12.0 Å². The number of rotatable bonds is 10. The van der Waals surface area contributed by atoms with Crippen LogP contribution in [0, 0.1) is 12.8 Å². The minimum Gasteiger partial charge on any atom is -0.485 e. The van der Waals surface area contributed by atoms with Gasteiger partial charge in [0.25, 0.3) is 5.89 Å². The first-order chi connectivity index (χ1) is 15.4. The van der Waals surface area contributed by atoms with Gasteiger partial charge in [-0.3, -0.25) is 4.90 Å². The van der Waals surface area contributed by atoms with E-state index >= 15 is 0 Å². The van der Waals surface area contributed by atoms with E-state index in [-0.39, 0.29) is 25.6 Å². The summed E-state index contributed by atoms with van der Waals surface area (Å²) in [6.07, 6.45) is 0.178. The van der Waals surface area contributed by atoms with Crippen molar-refractivity contribution in [2.45, 2.75) is 33.9 Å². The Labute approximate surface area is 187 Å². The number of benzene rings is 2. The fraction of sp³-hybridized carbons (Fsp3) is 0.333. The van der Waals surface area contributed by atoms with Gasteiger partial charge in [-0.1, -0.05) is 48.8 Å². The SMILES string of the molecule is Cc1ccc(-c2nc(COc3ccc(CN(CC=O)C(=O)OCC(C)C)cc3)no2)cc1. The van der Waals surface area contributed by atoms with Gasteiger partial charge in [0.15, 0.2) is 6.61 Å². The van der Waals surface area contributed by atoms with Crippen LogP contribution in [-0.4, -0.2) is 40.6 Å². The molecule has 1 heterocycles. The van der Waals surface area contributed by atoms with E-state index in [1.54, 1.807) is 12.1 Å². The summed E-state index contributed by atoms with van der Waals surface area (Å²) in [7, 11) is 0. The van der Waals surface area contributed by atoms with Crippen LogP contribution in [0.15, 0.2) is 53.1 Å². The second-order valence-electron chi connectivity index (χ2n) is 7.83. The standard InChI is InChI=1S/C24H27N3O5/c1-17(2)15-31-24(29)27(12-13-28)14-19-6-10-21(11-7-19)30-16-22-25-23(32-26-22)20-8-4-18(3)5-9-20/h4-11,13,17H,12,14-16H2,1-3H3. The highest BCUT2D eigenvalue weighted by molar-refractivity contribution is 5.71. The fourth-order valence-electron chi connectivity index (χ4n) is 2.81. The molecule has 3 aromatic rings. The van der Waals surface area contributed by atoms with Crippen molar-refractivity contribution < 1.29 is 23.6 Å². The zero-order valence-electron chi connectivity index (χ0n) is 18.5. The van der Waals surface area contributed by atoms with E-state index in [9.17, 15) is 9.59 Å². The van der Waals surface area contributed by atoms with Gasteiger partial charge in [-0.15, -0.1) is 0 Å². The number of aryl methyl sites for hydroxylation is 1. The van der Waals surface area contributed by atoms with Crippen LogP contribution in [-0.2, 0) is 22.7 Å². The zero-order valence-corrected chi connectivity index (χ0v) is 18.5. The molecule has 0 aliphatic rings. The molecule has 0 aliphatic carbocycles. The lowest BCUT2D eigenvalue weighted by Gasteiger charge is -2.20. The maximum absolute atomic E-state index is 12.2. The van der Waals surface area contributed by atoms with E-state index in [4.69, 9.17) is 14.0 Å². The number of amides is 1. The van der Waals surface area contributed by atoms with Gasteiger partial charge in [0.05, 0.1) is 13.2 Å². The van der Waals surface area contributed by atoms with Gasteiger partial charge in [-0.25, -0.2) is 4.79 Å². The Morgan fingerprint density at radius 2 is 1.84 bits per heavy atom. The number of aldehydes is 1. The molecule has 32 heavy (non-hydrogen) atoms. The van der Waals surface area contributed by atoms with E-state index in [0.717, 1.165) is 16.7 Å². The Morgan fingerprint density at radius 3 is 2.50 bits per heavy atom. The van der Waals surface area contributed by atoms with Gasteiger partial charge in [0, 0.05) is 12.1 Å². The molecule has 1 aromatic heterocycles. The molecule has 0 N–H and O–H groups in total. The average Bonchev–Trinajstić information content (AvgIpc) is 3.26. The highest BCUT2D eigenvalue weighted by atomic mass is 16.6. The third-order valence-electron chi connectivity index (χ3n) is 4.52. The summed E-state index contributed by atoms with van der Waals surface area (Å²) in [5.74, 6) is 1.73. The van der Waals surface area contributed by atoms with E-state index in [0.29, 0.717) is 30.4 Å². The third kappa shape index (κ3) is 6.66. The van der Waals surface area contributed by atoms with Gasteiger partial charge in [-0.05, 0) is 42.7 Å². The minimum atomic E-state index is -0.507. The van der Waals surface area contributed by atoms with Crippen LogP contribution in [0.5, 0.6) is 5.75 Å². The summed E-state index contributed by atoms with van der Waals surface area (Å²) in [5.41, 5.74) is 2.86. The van der Waals surface area contributed by atoms with E-state index < -0.39 is 6.09 Å². The van der Waals surface area contributed by atoms with Crippen molar-refractivity contribution >= 4 is 12.4 Å². The largest absolute Gasteiger partial charge is 0.485 e. The molecule has 0 fully saturated rings. The monoisotopic (exact) mass is 437 g/mol. The average molecular weight is 437 g/mol. The molecule has 8 nitrogen and oxygen atoms in total. The van der Waals surface area contributed by atoms with Crippen LogP contribution in [0.25, 0.3) is 11.5 Å². The van der Waals surface area contributed by atoms with Crippen molar-refractivity contribution in [3.63, 3.8) is 0 Å². The number of aromatic nitrogens is 2. The van der Waals surface area contributed by atoms with E-state index in [1.807, 2.05) is 57.2 Å². The van der Waals surface area contributed by atoms with Crippen molar-refractivity contribution in [2.75, 3.05) is 13.2 Å². The maximum atomic E-state index is 12.2. The van der Waals surface area contributed by atoms with Crippen LogP contribution >= 0.6 is 0 Å². The predicted octanol–water partition coefficient (Wildman–Crippen LogP) is 4.42. The van der Waals surface area contributed by atoms with Gasteiger partial charge in [0.2, 0.25) is 5.82 Å². The number of hydrogen-bond donors (Lipinski definition) is 0. The minimum absolute atomic E-state index is 0.0314. The Hall–Kier alpha value is -3.68. The quantitative estimate of drug-likeness (QED) is 0.433. The van der Waals surface area contributed by atoms with Crippen molar-refractivity contribution in [1.29, 1.82) is 0 Å². The van der Waals surface area contributed by atoms with Crippen LogP contribution < -0.4 is 4.74 Å². The third-order valence-corrected chi connectivity index (χ3v) is 4.52. The lowest BCUT2D eigenvalue weighted by molar-refractivity contribution is -0.108. The fourth-order valence-corrected chi connectivity index (χ4v) is 2.81. The predicted molar refractivity (Wildman–Crippen MR) is 118 cm³/mol. The second kappa shape index (κ2) is 11.1. The van der Waals surface area contributed by atoms with Crippen molar-refractivity contribution in [2.24, 2.45) is 5.92 Å². The highest BCUT2D eigenvalue weighted by Gasteiger charge is 2.16.